The van der Waals surface area contributed by atoms with E-state index < -0.39 is 34.3 Å². The SMILES string of the molecule is COC(=O)C1=C(C(=O)OC)N(c2c(Cl)c(Cl)c(O)c3c2C(=O)c2ccccc2C3=O)C=CC=C1. The van der Waals surface area contributed by atoms with Crippen LogP contribution in [0.2, 0.25) is 10.0 Å². The van der Waals surface area contributed by atoms with Gasteiger partial charge in [-0.25, -0.2) is 9.59 Å². The van der Waals surface area contributed by atoms with E-state index in [0.29, 0.717) is 0 Å². The van der Waals surface area contributed by atoms with Gasteiger partial charge in [-0.15, -0.1) is 0 Å². The van der Waals surface area contributed by atoms with E-state index in [0.717, 1.165) is 19.1 Å². The molecular formula is C24H15Cl2NO7. The van der Waals surface area contributed by atoms with Crippen molar-refractivity contribution in [2.75, 3.05) is 19.1 Å². The number of phenolic OH excluding ortho intramolecular Hbond substituents is 1. The maximum absolute atomic E-state index is 13.6. The highest BCUT2D eigenvalue weighted by Gasteiger charge is 2.40. The monoisotopic (exact) mass is 499 g/mol. The van der Waals surface area contributed by atoms with Crippen LogP contribution in [-0.2, 0) is 19.1 Å². The molecule has 0 saturated heterocycles. The number of nitrogens with zero attached hydrogens (tertiary/aromatic N) is 1. The van der Waals surface area contributed by atoms with Crippen molar-refractivity contribution >= 4 is 52.4 Å². The summed E-state index contributed by atoms with van der Waals surface area (Å²) in [7, 11) is 2.23. The molecule has 8 nitrogen and oxygen atoms in total. The minimum Gasteiger partial charge on any atom is -0.506 e. The van der Waals surface area contributed by atoms with Gasteiger partial charge in [0, 0.05) is 17.3 Å². The zero-order chi connectivity index (χ0) is 24.7. The number of carbonyl (C=O) groups excluding carboxylic acids is 4. The van der Waals surface area contributed by atoms with Crippen LogP contribution in [-0.4, -0.2) is 42.8 Å². The molecule has 0 radical (unpaired) electrons. The molecule has 0 unspecified atom stereocenters. The van der Waals surface area contributed by atoms with Crippen LogP contribution in [0.15, 0.2) is 60.0 Å². The minimum absolute atomic E-state index is 0.0756. The van der Waals surface area contributed by atoms with Gasteiger partial charge in [0.25, 0.3) is 0 Å². The second kappa shape index (κ2) is 8.81. The number of hydrogen-bond acceptors (Lipinski definition) is 8. The van der Waals surface area contributed by atoms with Crippen LogP contribution in [0.4, 0.5) is 5.69 Å². The van der Waals surface area contributed by atoms with Crippen molar-refractivity contribution in [2.24, 2.45) is 0 Å². The Hall–Kier alpha value is -3.88. The molecule has 0 aromatic heterocycles. The Bertz CT molecular complexity index is 1390. The molecule has 1 aliphatic carbocycles. The Labute approximate surface area is 203 Å². The predicted molar refractivity (Wildman–Crippen MR) is 123 cm³/mol. The number of anilines is 1. The number of carbonyl (C=O) groups is 4. The number of ether oxygens (including phenoxy) is 2. The van der Waals surface area contributed by atoms with Crippen LogP contribution in [0.5, 0.6) is 5.75 Å². The van der Waals surface area contributed by atoms with Gasteiger partial charge < -0.3 is 19.5 Å². The largest absolute Gasteiger partial charge is 0.506 e. The Morgan fingerprint density at radius 3 is 2.06 bits per heavy atom. The Morgan fingerprint density at radius 2 is 1.47 bits per heavy atom. The molecule has 10 heteroatoms. The molecule has 172 valence electrons. The number of halogens is 2. The number of hydrogen-bond donors (Lipinski definition) is 1. The molecular weight excluding hydrogens is 485 g/mol. The number of fused-ring (bicyclic) bond motifs is 2. The fourth-order valence-corrected chi connectivity index (χ4v) is 4.28. The minimum atomic E-state index is -0.958. The van der Waals surface area contributed by atoms with Crippen LogP contribution in [0.25, 0.3) is 0 Å². The van der Waals surface area contributed by atoms with Crippen molar-refractivity contribution in [3.8, 4) is 5.75 Å². The molecule has 1 N–H and O–H groups in total. The molecule has 1 aliphatic heterocycles. The number of allylic oxidation sites excluding steroid dienone is 2. The number of aromatic hydroxyl groups is 1. The van der Waals surface area contributed by atoms with Gasteiger partial charge >= 0.3 is 11.9 Å². The van der Waals surface area contributed by atoms with Gasteiger partial charge in [0.05, 0.1) is 41.6 Å². The molecule has 0 atom stereocenters. The fourth-order valence-electron chi connectivity index (χ4n) is 3.82. The molecule has 0 saturated carbocycles. The summed E-state index contributed by atoms with van der Waals surface area (Å²) in [5, 5.41) is 9.96. The van der Waals surface area contributed by atoms with E-state index in [1.165, 1.54) is 36.6 Å². The third-order valence-corrected chi connectivity index (χ3v) is 6.17. The third-order valence-electron chi connectivity index (χ3n) is 5.33. The first kappa shape index (κ1) is 23.3. The van der Waals surface area contributed by atoms with E-state index in [-0.39, 0.29) is 44.2 Å². The standard InChI is InChI=1S/C24H15Cl2NO7/c1-33-23(31)13-9-5-6-10-27(18(13)24(32)34-2)19-14-15(22(30)17(26)16(19)25)21(29)12-8-4-3-7-11(12)20(14)28/h3-10,30H,1-2H3. The third kappa shape index (κ3) is 3.39. The molecule has 0 bridgehead atoms. The van der Waals surface area contributed by atoms with E-state index in [9.17, 15) is 24.3 Å². The number of phenols is 1. The van der Waals surface area contributed by atoms with E-state index >= 15 is 0 Å². The van der Waals surface area contributed by atoms with Crippen LogP contribution >= 0.6 is 23.2 Å². The average Bonchev–Trinajstić information content (AvgIpc) is 3.07. The molecule has 0 spiro atoms. The maximum atomic E-state index is 13.6. The molecule has 0 amide bonds. The van der Waals surface area contributed by atoms with Crippen molar-refractivity contribution in [2.45, 2.75) is 0 Å². The molecule has 2 aromatic carbocycles. The van der Waals surface area contributed by atoms with Crippen molar-refractivity contribution in [3.05, 3.63) is 92.3 Å². The van der Waals surface area contributed by atoms with Crippen molar-refractivity contribution in [3.63, 3.8) is 0 Å². The number of ketones is 2. The number of esters is 2. The summed E-state index contributed by atoms with van der Waals surface area (Å²) in [6.45, 7) is 0. The lowest BCUT2D eigenvalue weighted by Gasteiger charge is -2.30. The van der Waals surface area contributed by atoms with Gasteiger partial charge in [-0.05, 0) is 12.2 Å². The predicted octanol–water partition coefficient (Wildman–Crippen LogP) is 3.96. The van der Waals surface area contributed by atoms with Gasteiger partial charge in [0.2, 0.25) is 0 Å². The quantitative estimate of drug-likeness (QED) is 0.539. The van der Waals surface area contributed by atoms with Crippen LogP contribution in [0.3, 0.4) is 0 Å². The first-order valence-electron chi connectivity index (χ1n) is 9.71. The summed E-state index contributed by atoms with van der Waals surface area (Å²) in [6.07, 6.45) is 5.58. The summed E-state index contributed by atoms with van der Waals surface area (Å²) in [4.78, 5) is 53.3. The first-order chi connectivity index (χ1) is 16.2. The topological polar surface area (TPSA) is 110 Å². The van der Waals surface area contributed by atoms with Crippen molar-refractivity contribution < 1.29 is 33.8 Å². The fraction of sp³-hybridized carbons (Fsp3) is 0.0833. The smallest absolute Gasteiger partial charge is 0.355 e. The zero-order valence-corrected chi connectivity index (χ0v) is 19.2. The summed E-state index contributed by atoms with van der Waals surface area (Å²) >= 11 is 12.8. The van der Waals surface area contributed by atoms with Crippen molar-refractivity contribution in [1.82, 2.24) is 0 Å². The second-order valence-electron chi connectivity index (χ2n) is 7.10. The highest BCUT2D eigenvalue weighted by molar-refractivity contribution is 6.47. The zero-order valence-electron chi connectivity index (χ0n) is 17.7. The first-order valence-corrected chi connectivity index (χ1v) is 10.5. The van der Waals surface area contributed by atoms with Gasteiger partial charge in [0.15, 0.2) is 11.6 Å². The lowest BCUT2D eigenvalue weighted by atomic mass is 9.82. The summed E-state index contributed by atoms with van der Waals surface area (Å²) < 4.78 is 9.67. The van der Waals surface area contributed by atoms with E-state index in [2.05, 4.69) is 0 Å². The maximum Gasteiger partial charge on any atom is 0.355 e. The van der Waals surface area contributed by atoms with E-state index in [4.69, 9.17) is 32.7 Å². The molecule has 2 aliphatic rings. The average molecular weight is 500 g/mol. The number of rotatable bonds is 3. The van der Waals surface area contributed by atoms with Gasteiger partial charge in [-0.1, -0.05) is 53.5 Å². The molecule has 34 heavy (non-hydrogen) atoms. The van der Waals surface area contributed by atoms with Crippen LogP contribution in [0, 0.1) is 0 Å². The summed E-state index contributed by atoms with van der Waals surface area (Å²) in [6, 6.07) is 6.06. The lowest BCUT2D eigenvalue weighted by Crippen LogP contribution is -2.31. The van der Waals surface area contributed by atoms with Gasteiger partial charge in [-0.3, -0.25) is 9.59 Å². The van der Waals surface area contributed by atoms with Gasteiger partial charge in [-0.2, -0.15) is 0 Å². The summed E-state index contributed by atoms with van der Waals surface area (Å²) in [5.41, 5.74) is -1.24. The Balaban J connectivity index is 2.12. The van der Waals surface area contributed by atoms with E-state index in [1.807, 2.05) is 0 Å². The molecule has 2 aromatic rings. The normalized spacial score (nSPS) is 14.5. The summed E-state index contributed by atoms with van der Waals surface area (Å²) in [5.74, 6) is -3.79. The number of methoxy groups -OCH3 is 2. The highest BCUT2D eigenvalue weighted by Crippen LogP contribution is 2.49. The molecule has 0 fully saturated rings. The second-order valence-corrected chi connectivity index (χ2v) is 7.85. The molecule has 1 heterocycles. The lowest BCUT2D eigenvalue weighted by molar-refractivity contribution is -0.139. The highest BCUT2D eigenvalue weighted by atomic mass is 35.5. The molecule has 4 rings (SSSR count). The van der Waals surface area contributed by atoms with Gasteiger partial charge in [0.1, 0.15) is 16.5 Å². The van der Waals surface area contributed by atoms with E-state index in [1.54, 1.807) is 12.1 Å². The van der Waals surface area contributed by atoms with Crippen LogP contribution in [0.1, 0.15) is 31.8 Å². The number of benzene rings is 2. The van der Waals surface area contributed by atoms with Crippen molar-refractivity contribution in [1.29, 1.82) is 0 Å². The Morgan fingerprint density at radius 1 is 0.882 bits per heavy atom. The van der Waals surface area contributed by atoms with Crippen LogP contribution < -0.4 is 4.90 Å². The Kier molecular flexibility index (Phi) is 6.03.